The van der Waals surface area contributed by atoms with Gasteiger partial charge in [-0.1, -0.05) is 12.1 Å². The van der Waals surface area contributed by atoms with Gasteiger partial charge in [0.1, 0.15) is 11.6 Å². The second-order valence-corrected chi connectivity index (χ2v) is 4.30. The van der Waals surface area contributed by atoms with E-state index in [-0.39, 0.29) is 5.82 Å². The van der Waals surface area contributed by atoms with Crippen LogP contribution in [0.25, 0.3) is 0 Å². The summed E-state index contributed by atoms with van der Waals surface area (Å²) >= 11 is 3.11. The molecule has 0 amide bonds. The monoisotopic (exact) mass is 298 g/mol. The van der Waals surface area contributed by atoms with Gasteiger partial charge in [-0.15, -0.1) is 0 Å². The molecule has 1 heterocycles. The van der Waals surface area contributed by atoms with Crippen LogP contribution in [0.2, 0.25) is 0 Å². The van der Waals surface area contributed by atoms with Crippen LogP contribution in [0.15, 0.2) is 40.9 Å². The highest BCUT2D eigenvalue weighted by molar-refractivity contribution is 9.10. The lowest BCUT2D eigenvalue weighted by Crippen LogP contribution is -2.02. The van der Waals surface area contributed by atoms with E-state index in [1.807, 2.05) is 0 Å². The zero-order valence-corrected chi connectivity index (χ0v) is 10.3. The van der Waals surface area contributed by atoms with Gasteiger partial charge in [0.05, 0.1) is 4.47 Å². The van der Waals surface area contributed by atoms with E-state index in [1.165, 1.54) is 12.1 Å². The summed E-state index contributed by atoms with van der Waals surface area (Å²) in [6.07, 6.45) is 0. The quantitative estimate of drug-likeness (QED) is 0.873. The topological polar surface area (TPSA) is 24.9 Å². The minimum Gasteiger partial charge on any atom is -0.366 e. The number of nitrogens with one attached hydrogen (secondary N) is 1. The van der Waals surface area contributed by atoms with Gasteiger partial charge in [0.2, 0.25) is 5.95 Å². The lowest BCUT2D eigenvalue weighted by atomic mass is 10.2. The van der Waals surface area contributed by atoms with E-state index in [0.717, 1.165) is 5.56 Å². The fourth-order valence-corrected chi connectivity index (χ4v) is 1.78. The van der Waals surface area contributed by atoms with E-state index in [9.17, 15) is 8.78 Å². The van der Waals surface area contributed by atoms with Crippen molar-refractivity contribution < 1.29 is 8.78 Å². The summed E-state index contributed by atoms with van der Waals surface area (Å²) in [6, 6.07) is 9.22. The molecular formula is C12H9BrF2N2. The van der Waals surface area contributed by atoms with Crippen molar-refractivity contribution in [3.05, 3.63) is 58.2 Å². The first-order chi connectivity index (χ1) is 8.15. The summed E-state index contributed by atoms with van der Waals surface area (Å²) in [6.45, 7) is 0.454. The van der Waals surface area contributed by atoms with Crippen LogP contribution in [0.3, 0.4) is 0 Å². The summed E-state index contributed by atoms with van der Waals surface area (Å²) in [5.41, 5.74) is 0.879. The van der Waals surface area contributed by atoms with Crippen molar-refractivity contribution in [2.75, 3.05) is 5.32 Å². The van der Waals surface area contributed by atoms with Crippen LogP contribution in [0.4, 0.5) is 14.6 Å². The molecule has 88 valence electrons. The summed E-state index contributed by atoms with van der Waals surface area (Å²) in [7, 11) is 0. The van der Waals surface area contributed by atoms with E-state index < -0.39 is 5.95 Å². The molecule has 0 saturated carbocycles. The molecule has 2 aromatic rings. The van der Waals surface area contributed by atoms with Gasteiger partial charge in [0.15, 0.2) is 0 Å². The first-order valence-corrected chi connectivity index (χ1v) is 5.75. The highest BCUT2D eigenvalue weighted by Gasteiger charge is 2.01. The van der Waals surface area contributed by atoms with Gasteiger partial charge < -0.3 is 5.32 Å². The largest absolute Gasteiger partial charge is 0.366 e. The number of halogens is 3. The standard InChI is InChI=1S/C12H9BrF2N2/c13-9-6-8(4-5-10(9)14)7-16-12-3-1-2-11(15)17-12/h1-6H,7H2,(H,16,17). The van der Waals surface area contributed by atoms with Crippen molar-refractivity contribution in [3.8, 4) is 0 Å². The third kappa shape index (κ3) is 3.23. The zero-order valence-electron chi connectivity index (χ0n) is 8.75. The minimum atomic E-state index is -0.532. The fraction of sp³-hybridized carbons (Fsp3) is 0.0833. The van der Waals surface area contributed by atoms with E-state index >= 15 is 0 Å². The molecule has 1 aromatic carbocycles. The molecule has 0 bridgehead atoms. The summed E-state index contributed by atoms with van der Waals surface area (Å²) in [4.78, 5) is 3.66. The third-order valence-corrected chi connectivity index (χ3v) is 2.78. The number of nitrogens with zero attached hydrogens (tertiary/aromatic N) is 1. The number of benzene rings is 1. The maximum absolute atomic E-state index is 13.0. The summed E-state index contributed by atoms with van der Waals surface area (Å²) in [5, 5.41) is 2.95. The summed E-state index contributed by atoms with van der Waals surface area (Å²) in [5.74, 6) is -0.390. The Bertz CT molecular complexity index is 532. The lowest BCUT2D eigenvalue weighted by Gasteiger charge is -2.06. The normalized spacial score (nSPS) is 10.3. The Labute approximate surface area is 106 Å². The highest BCUT2D eigenvalue weighted by atomic mass is 79.9. The first-order valence-electron chi connectivity index (χ1n) is 4.95. The average Bonchev–Trinajstić information content (AvgIpc) is 2.31. The van der Waals surface area contributed by atoms with E-state index in [4.69, 9.17) is 0 Å². The molecule has 0 fully saturated rings. The molecule has 0 aliphatic carbocycles. The fourth-order valence-electron chi connectivity index (χ4n) is 1.35. The van der Waals surface area contributed by atoms with Crippen molar-refractivity contribution >= 4 is 21.7 Å². The van der Waals surface area contributed by atoms with Gasteiger partial charge in [0, 0.05) is 6.54 Å². The molecule has 0 unspecified atom stereocenters. The van der Waals surface area contributed by atoms with Crippen LogP contribution < -0.4 is 5.32 Å². The number of aromatic nitrogens is 1. The van der Waals surface area contributed by atoms with E-state index in [0.29, 0.717) is 16.8 Å². The Kier molecular flexibility index (Phi) is 3.68. The molecule has 2 nitrogen and oxygen atoms in total. The molecule has 5 heteroatoms. The molecule has 0 aliphatic heterocycles. The van der Waals surface area contributed by atoms with Gasteiger partial charge >= 0.3 is 0 Å². The summed E-state index contributed by atoms with van der Waals surface area (Å²) < 4.78 is 26.2. The Morgan fingerprint density at radius 3 is 2.71 bits per heavy atom. The van der Waals surface area contributed by atoms with Crippen LogP contribution in [0.1, 0.15) is 5.56 Å². The molecule has 1 N–H and O–H groups in total. The highest BCUT2D eigenvalue weighted by Crippen LogP contribution is 2.17. The zero-order chi connectivity index (χ0) is 12.3. The van der Waals surface area contributed by atoms with E-state index in [1.54, 1.807) is 24.3 Å². The second-order valence-electron chi connectivity index (χ2n) is 3.45. The van der Waals surface area contributed by atoms with Gasteiger partial charge in [-0.05, 0) is 45.8 Å². The number of anilines is 1. The molecule has 17 heavy (non-hydrogen) atoms. The van der Waals surface area contributed by atoms with Crippen LogP contribution in [0, 0.1) is 11.8 Å². The van der Waals surface area contributed by atoms with Gasteiger partial charge in [-0.2, -0.15) is 4.39 Å². The molecule has 0 radical (unpaired) electrons. The van der Waals surface area contributed by atoms with Crippen molar-refractivity contribution in [1.29, 1.82) is 0 Å². The average molecular weight is 299 g/mol. The Balaban J connectivity index is 2.05. The first kappa shape index (κ1) is 12.0. The molecule has 2 rings (SSSR count). The number of hydrogen-bond donors (Lipinski definition) is 1. The van der Waals surface area contributed by atoms with Crippen molar-refractivity contribution in [2.24, 2.45) is 0 Å². The van der Waals surface area contributed by atoms with Gasteiger partial charge in [-0.3, -0.25) is 0 Å². The number of pyridine rings is 1. The maximum Gasteiger partial charge on any atom is 0.214 e. The van der Waals surface area contributed by atoms with Crippen LogP contribution in [0.5, 0.6) is 0 Å². The van der Waals surface area contributed by atoms with Crippen molar-refractivity contribution in [2.45, 2.75) is 6.54 Å². The molecule has 0 saturated heterocycles. The second kappa shape index (κ2) is 5.23. The molecular weight excluding hydrogens is 290 g/mol. The molecule has 0 aliphatic rings. The Hall–Kier alpha value is -1.49. The minimum absolute atomic E-state index is 0.308. The lowest BCUT2D eigenvalue weighted by molar-refractivity contribution is 0.585. The van der Waals surface area contributed by atoms with Gasteiger partial charge in [0.25, 0.3) is 0 Å². The third-order valence-electron chi connectivity index (χ3n) is 2.17. The molecule has 0 atom stereocenters. The Morgan fingerprint density at radius 2 is 2.00 bits per heavy atom. The number of rotatable bonds is 3. The van der Waals surface area contributed by atoms with Crippen LogP contribution in [-0.4, -0.2) is 4.98 Å². The SMILES string of the molecule is Fc1cccc(NCc2ccc(F)c(Br)c2)n1. The molecule has 1 aromatic heterocycles. The number of hydrogen-bond acceptors (Lipinski definition) is 2. The van der Waals surface area contributed by atoms with Gasteiger partial charge in [-0.25, -0.2) is 9.37 Å². The van der Waals surface area contributed by atoms with Crippen LogP contribution in [-0.2, 0) is 6.54 Å². The Morgan fingerprint density at radius 1 is 1.18 bits per heavy atom. The van der Waals surface area contributed by atoms with Crippen LogP contribution >= 0.6 is 15.9 Å². The van der Waals surface area contributed by atoms with E-state index in [2.05, 4.69) is 26.2 Å². The van der Waals surface area contributed by atoms with Crippen molar-refractivity contribution in [3.63, 3.8) is 0 Å². The van der Waals surface area contributed by atoms with Crippen molar-refractivity contribution in [1.82, 2.24) is 4.98 Å². The smallest absolute Gasteiger partial charge is 0.214 e. The predicted molar refractivity (Wildman–Crippen MR) is 65.6 cm³/mol. The maximum atomic E-state index is 13.0. The predicted octanol–water partition coefficient (Wildman–Crippen LogP) is 3.73. The molecule has 0 spiro atoms.